The highest BCUT2D eigenvalue weighted by atomic mass is 32.2. The molecule has 0 unspecified atom stereocenters. The van der Waals surface area contributed by atoms with Crippen LogP contribution in [0, 0.1) is 5.41 Å². The van der Waals surface area contributed by atoms with E-state index in [-0.39, 0.29) is 28.6 Å². The fourth-order valence-corrected chi connectivity index (χ4v) is 7.70. The lowest BCUT2D eigenvalue weighted by atomic mass is 9.83. The third kappa shape index (κ3) is 4.74. The Labute approximate surface area is 157 Å². The van der Waals surface area contributed by atoms with Crippen LogP contribution in [0.4, 0.5) is 0 Å². The van der Waals surface area contributed by atoms with Crippen LogP contribution in [0.5, 0.6) is 0 Å². The van der Waals surface area contributed by atoms with Crippen LogP contribution in [0.25, 0.3) is 0 Å². The molecule has 24 heavy (non-hydrogen) atoms. The number of hydrogen-bond donors (Lipinski definition) is 0. The maximum Gasteiger partial charge on any atom is 0.308 e. The number of hydrogen-bond acceptors (Lipinski definition) is 5. The molecule has 2 atom stereocenters. The first-order chi connectivity index (χ1) is 10.9. The highest BCUT2D eigenvalue weighted by Gasteiger charge is 2.47. The predicted molar refractivity (Wildman–Crippen MR) is 108 cm³/mol. The van der Waals surface area contributed by atoms with E-state index in [1.54, 1.807) is 0 Å². The summed E-state index contributed by atoms with van der Waals surface area (Å²) >= 11 is 4.05. The smallest absolute Gasteiger partial charge is 0.308 e. The molecule has 2 heterocycles. The topological polar surface area (TPSA) is 35.5 Å². The van der Waals surface area contributed by atoms with Crippen molar-refractivity contribution in [2.45, 2.75) is 88.8 Å². The molecule has 0 amide bonds. The first-order valence-corrected chi connectivity index (χ1v) is 14.0. The molecule has 0 radical (unpaired) electrons. The molecule has 0 saturated carbocycles. The Kier molecular flexibility index (Phi) is 6.48. The first-order valence-electron chi connectivity index (χ1n) is 9.04. The molecule has 3 nitrogen and oxygen atoms in total. The van der Waals surface area contributed by atoms with Crippen molar-refractivity contribution < 1.29 is 14.0 Å². The molecule has 0 aromatic rings. The van der Waals surface area contributed by atoms with Gasteiger partial charge in [0.15, 0.2) is 8.32 Å². The van der Waals surface area contributed by atoms with E-state index in [1.807, 2.05) is 23.5 Å². The summed E-state index contributed by atoms with van der Waals surface area (Å²) in [5, 5.41) is 0.161. The molecule has 2 fully saturated rings. The minimum Gasteiger partial charge on any atom is -0.462 e. The van der Waals surface area contributed by atoms with E-state index >= 15 is 0 Å². The summed E-state index contributed by atoms with van der Waals surface area (Å²) in [4.78, 5) is 12.2. The molecule has 2 saturated heterocycles. The second-order valence-electron chi connectivity index (χ2n) is 9.17. The minimum absolute atomic E-state index is 0.00927. The number of rotatable bonds is 4. The van der Waals surface area contributed by atoms with Crippen molar-refractivity contribution in [3.63, 3.8) is 0 Å². The van der Waals surface area contributed by atoms with Gasteiger partial charge in [0.1, 0.15) is 6.10 Å². The number of esters is 1. The summed E-state index contributed by atoms with van der Waals surface area (Å²) in [5.41, 5.74) is -0.0269. The van der Waals surface area contributed by atoms with Gasteiger partial charge in [0.2, 0.25) is 0 Å². The zero-order chi connectivity index (χ0) is 18.2. The number of ether oxygens (including phenoxy) is 1. The number of cyclic esters (lactones) is 1. The Morgan fingerprint density at radius 2 is 1.71 bits per heavy atom. The van der Waals surface area contributed by atoms with E-state index in [2.05, 4.69) is 47.7 Å². The Hall–Kier alpha value is 0.347. The number of thioether (sulfide) groups is 2. The monoisotopic (exact) mass is 390 g/mol. The summed E-state index contributed by atoms with van der Waals surface area (Å²) < 4.78 is 12.9. The van der Waals surface area contributed by atoms with Crippen molar-refractivity contribution in [3.05, 3.63) is 0 Å². The number of carbonyl (C=O) groups is 1. The SMILES string of the molecule is CC(C)(C1SCCCS1)[C@H]1C[C@@H](O[Si](C)(C)C(C)(C)C)CC(=O)O1. The maximum absolute atomic E-state index is 12.2. The summed E-state index contributed by atoms with van der Waals surface area (Å²) in [5.74, 6) is 2.34. The van der Waals surface area contributed by atoms with Crippen LogP contribution < -0.4 is 0 Å². The van der Waals surface area contributed by atoms with Crippen LogP contribution >= 0.6 is 23.5 Å². The van der Waals surface area contributed by atoms with E-state index in [9.17, 15) is 4.79 Å². The van der Waals surface area contributed by atoms with E-state index < -0.39 is 8.32 Å². The molecule has 0 spiro atoms. The summed E-state index contributed by atoms with van der Waals surface area (Å²) in [6.07, 6.45) is 2.49. The van der Waals surface area contributed by atoms with Crippen LogP contribution in [0.1, 0.15) is 53.9 Å². The molecule has 0 N–H and O–H groups in total. The maximum atomic E-state index is 12.2. The summed E-state index contributed by atoms with van der Waals surface area (Å²) in [7, 11) is -1.87. The van der Waals surface area contributed by atoms with Gasteiger partial charge in [0, 0.05) is 11.8 Å². The molecule has 2 rings (SSSR count). The normalized spacial score (nSPS) is 27.9. The highest BCUT2D eigenvalue weighted by molar-refractivity contribution is 8.17. The lowest BCUT2D eigenvalue weighted by Crippen LogP contribution is -2.51. The lowest BCUT2D eigenvalue weighted by Gasteiger charge is -2.46. The molecule has 140 valence electrons. The van der Waals surface area contributed by atoms with Crippen molar-refractivity contribution >= 4 is 37.8 Å². The van der Waals surface area contributed by atoms with Crippen molar-refractivity contribution in [3.8, 4) is 0 Å². The van der Waals surface area contributed by atoms with Crippen LogP contribution in [0.15, 0.2) is 0 Å². The molecule has 2 aliphatic heterocycles. The molecule has 2 aliphatic rings. The lowest BCUT2D eigenvalue weighted by molar-refractivity contribution is -0.167. The van der Waals surface area contributed by atoms with Crippen LogP contribution in [0.3, 0.4) is 0 Å². The number of carbonyl (C=O) groups excluding carboxylic acids is 1. The van der Waals surface area contributed by atoms with Gasteiger partial charge in [-0.3, -0.25) is 4.79 Å². The second-order valence-corrected chi connectivity index (χ2v) is 16.6. The fraction of sp³-hybridized carbons (Fsp3) is 0.944. The van der Waals surface area contributed by atoms with Crippen molar-refractivity contribution in [2.24, 2.45) is 5.41 Å². The van der Waals surface area contributed by atoms with E-state index in [1.165, 1.54) is 17.9 Å². The zero-order valence-corrected chi connectivity index (χ0v) is 18.9. The van der Waals surface area contributed by atoms with E-state index in [0.717, 1.165) is 6.42 Å². The molecular formula is C18H34O3S2Si. The Bertz CT molecular complexity index is 454. The minimum atomic E-state index is -1.87. The standard InChI is InChI=1S/C18H34O3S2Si/c1-17(2,3)24(6,7)21-13-11-14(20-15(19)12-13)18(4,5)16-22-9-8-10-23-16/h13-14,16H,8-12H2,1-7H3/t13-,14-/m1/s1. The Balaban J connectivity index is 2.08. The van der Waals surface area contributed by atoms with Gasteiger partial charge in [-0.2, -0.15) is 0 Å². The van der Waals surface area contributed by atoms with Crippen LogP contribution in [-0.4, -0.2) is 42.6 Å². The fourth-order valence-electron chi connectivity index (χ4n) is 2.97. The van der Waals surface area contributed by atoms with Gasteiger partial charge in [0.05, 0.1) is 17.1 Å². The largest absolute Gasteiger partial charge is 0.462 e. The zero-order valence-electron chi connectivity index (χ0n) is 16.3. The van der Waals surface area contributed by atoms with E-state index in [4.69, 9.17) is 9.16 Å². The van der Waals surface area contributed by atoms with Crippen LogP contribution in [0.2, 0.25) is 18.1 Å². The second kappa shape index (κ2) is 7.53. The van der Waals surface area contributed by atoms with Gasteiger partial charge in [-0.1, -0.05) is 34.6 Å². The molecular weight excluding hydrogens is 356 g/mol. The third-order valence-corrected chi connectivity index (χ3v) is 13.9. The molecule has 0 aromatic heterocycles. The third-order valence-electron chi connectivity index (χ3n) is 5.68. The van der Waals surface area contributed by atoms with Crippen molar-refractivity contribution in [1.82, 2.24) is 0 Å². The molecule has 0 aromatic carbocycles. The first kappa shape index (κ1) is 20.7. The molecule has 6 heteroatoms. The average Bonchev–Trinajstić information content (AvgIpc) is 2.46. The van der Waals surface area contributed by atoms with Crippen molar-refractivity contribution in [1.29, 1.82) is 0 Å². The van der Waals surface area contributed by atoms with Gasteiger partial charge in [-0.05, 0) is 36.1 Å². The Morgan fingerprint density at radius 1 is 1.12 bits per heavy atom. The Morgan fingerprint density at radius 3 is 2.25 bits per heavy atom. The van der Waals surface area contributed by atoms with Gasteiger partial charge in [-0.25, -0.2) is 0 Å². The predicted octanol–water partition coefficient (Wildman–Crippen LogP) is 5.30. The molecule has 0 aliphatic carbocycles. The van der Waals surface area contributed by atoms with Gasteiger partial charge in [0.25, 0.3) is 0 Å². The molecule has 0 bridgehead atoms. The van der Waals surface area contributed by atoms with Gasteiger partial charge >= 0.3 is 5.97 Å². The summed E-state index contributed by atoms with van der Waals surface area (Å²) in [6.45, 7) is 15.8. The highest BCUT2D eigenvalue weighted by Crippen LogP contribution is 2.48. The van der Waals surface area contributed by atoms with Gasteiger partial charge < -0.3 is 9.16 Å². The summed E-state index contributed by atoms with van der Waals surface area (Å²) in [6, 6.07) is 0. The van der Waals surface area contributed by atoms with Crippen LogP contribution in [-0.2, 0) is 14.0 Å². The quantitative estimate of drug-likeness (QED) is 0.480. The average molecular weight is 391 g/mol. The van der Waals surface area contributed by atoms with Gasteiger partial charge in [-0.15, -0.1) is 23.5 Å². The van der Waals surface area contributed by atoms with Crippen molar-refractivity contribution in [2.75, 3.05) is 11.5 Å². The van der Waals surface area contributed by atoms with E-state index in [0.29, 0.717) is 11.0 Å².